The van der Waals surface area contributed by atoms with Crippen molar-refractivity contribution in [2.24, 2.45) is 5.92 Å². The summed E-state index contributed by atoms with van der Waals surface area (Å²) in [7, 11) is 0. The van der Waals surface area contributed by atoms with E-state index in [1.165, 1.54) is 12.1 Å². The van der Waals surface area contributed by atoms with Crippen LogP contribution in [0, 0.1) is 11.7 Å². The highest BCUT2D eigenvalue weighted by Crippen LogP contribution is 2.36. The van der Waals surface area contributed by atoms with Crippen LogP contribution in [0.3, 0.4) is 0 Å². The minimum absolute atomic E-state index is 0.330. The van der Waals surface area contributed by atoms with Crippen LogP contribution in [0.5, 0.6) is 0 Å². The normalized spacial score (nSPS) is 26.9. The number of anilines is 2. The van der Waals surface area contributed by atoms with Crippen LogP contribution in [0.1, 0.15) is 45.4 Å². The van der Waals surface area contributed by atoms with E-state index < -0.39 is 23.3 Å². The number of benzene rings is 1. The Labute approximate surface area is 169 Å². The maximum atomic E-state index is 13.8. The molecule has 1 aromatic rings. The highest BCUT2D eigenvalue weighted by Gasteiger charge is 2.52. The second-order valence-electron chi connectivity index (χ2n) is 8.49. The smallest absolute Gasteiger partial charge is 0.325 e. The molecule has 1 aromatic carbocycles. The summed E-state index contributed by atoms with van der Waals surface area (Å²) in [4.78, 5) is 41.0. The van der Waals surface area contributed by atoms with Gasteiger partial charge in [-0.2, -0.15) is 0 Å². The maximum Gasteiger partial charge on any atom is 0.325 e. The third-order valence-corrected chi connectivity index (χ3v) is 6.35. The first kappa shape index (κ1) is 19.7. The fraction of sp³-hybridized carbons (Fsp3) is 0.571. The fourth-order valence-corrected chi connectivity index (χ4v) is 4.59. The number of amides is 4. The van der Waals surface area contributed by atoms with E-state index in [2.05, 4.69) is 22.5 Å². The van der Waals surface area contributed by atoms with Gasteiger partial charge in [0.2, 0.25) is 5.91 Å². The van der Waals surface area contributed by atoms with E-state index in [-0.39, 0.29) is 12.5 Å². The molecule has 1 aliphatic carbocycles. The summed E-state index contributed by atoms with van der Waals surface area (Å²) >= 11 is 0. The fourth-order valence-electron chi connectivity index (χ4n) is 4.59. The van der Waals surface area contributed by atoms with Crippen molar-refractivity contribution in [1.82, 2.24) is 10.2 Å². The molecule has 29 heavy (non-hydrogen) atoms. The number of nitrogens with zero attached hydrogens (tertiary/aromatic N) is 2. The summed E-state index contributed by atoms with van der Waals surface area (Å²) in [5.74, 6) is -0.766. The summed E-state index contributed by atoms with van der Waals surface area (Å²) in [6.07, 6.45) is 5.03. The number of halogens is 1. The average Bonchev–Trinajstić information content (AvgIpc) is 3.28. The zero-order chi connectivity index (χ0) is 20.6. The summed E-state index contributed by atoms with van der Waals surface area (Å²) in [6.45, 7) is 3.46. The summed E-state index contributed by atoms with van der Waals surface area (Å²) in [5, 5.41) is 5.51. The average molecular weight is 402 g/mol. The van der Waals surface area contributed by atoms with Crippen LogP contribution in [0.4, 0.5) is 20.6 Å². The van der Waals surface area contributed by atoms with Gasteiger partial charge in [0.25, 0.3) is 5.91 Å². The highest BCUT2D eigenvalue weighted by atomic mass is 19.1. The summed E-state index contributed by atoms with van der Waals surface area (Å²) < 4.78 is 13.8. The number of nitrogens with one attached hydrogen (secondary N) is 2. The molecule has 0 radical (unpaired) electrons. The van der Waals surface area contributed by atoms with E-state index >= 15 is 0 Å². The van der Waals surface area contributed by atoms with Gasteiger partial charge < -0.3 is 15.5 Å². The lowest BCUT2D eigenvalue weighted by Gasteiger charge is -2.33. The van der Waals surface area contributed by atoms with Gasteiger partial charge in [0.15, 0.2) is 0 Å². The van der Waals surface area contributed by atoms with Crippen molar-refractivity contribution in [2.45, 2.75) is 51.0 Å². The van der Waals surface area contributed by atoms with Crippen molar-refractivity contribution >= 4 is 29.2 Å². The standard InChI is InChI=1S/C21H27FN4O3/c1-14-6-8-21(9-7-14)19(28)26(20(29)24-21)13-18(27)23-16-12-15(22)4-5-17(16)25-10-2-3-11-25/h4-5,12,14H,2-3,6-11,13H2,1H3,(H,23,27)(H,24,29). The molecule has 4 rings (SSSR count). The van der Waals surface area contributed by atoms with Crippen molar-refractivity contribution in [3.05, 3.63) is 24.0 Å². The van der Waals surface area contributed by atoms with Crippen LogP contribution >= 0.6 is 0 Å². The van der Waals surface area contributed by atoms with Crippen LogP contribution in [0.15, 0.2) is 18.2 Å². The molecular weight excluding hydrogens is 375 g/mol. The SMILES string of the molecule is CC1CCC2(CC1)NC(=O)N(CC(=O)Nc1cc(F)ccc1N1CCCC1)C2=O. The Morgan fingerprint density at radius 3 is 2.62 bits per heavy atom. The van der Waals surface area contributed by atoms with Crippen LogP contribution < -0.4 is 15.5 Å². The molecule has 1 spiro atoms. The Morgan fingerprint density at radius 2 is 1.93 bits per heavy atom. The van der Waals surface area contributed by atoms with E-state index in [1.807, 2.05) is 0 Å². The molecule has 0 unspecified atom stereocenters. The second kappa shape index (κ2) is 7.65. The molecule has 8 heteroatoms. The van der Waals surface area contributed by atoms with Crippen LogP contribution in [-0.4, -0.2) is 47.9 Å². The first-order chi connectivity index (χ1) is 13.9. The van der Waals surface area contributed by atoms with Gasteiger partial charge in [-0.15, -0.1) is 0 Å². The minimum atomic E-state index is -0.872. The zero-order valence-corrected chi connectivity index (χ0v) is 16.7. The molecule has 2 N–H and O–H groups in total. The van der Waals surface area contributed by atoms with E-state index in [1.54, 1.807) is 6.07 Å². The topological polar surface area (TPSA) is 81.8 Å². The van der Waals surface area contributed by atoms with E-state index in [0.29, 0.717) is 24.4 Å². The lowest BCUT2D eigenvalue weighted by atomic mass is 9.77. The molecule has 1 saturated carbocycles. The predicted octanol–water partition coefficient (Wildman–Crippen LogP) is 2.87. The van der Waals surface area contributed by atoms with Gasteiger partial charge in [-0.05, 0) is 62.6 Å². The molecular formula is C21H27FN4O3. The van der Waals surface area contributed by atoms with E-state index in [4.69, 9.17) is 0 Å². The number of hydrogen-bond donors (Lipinski definition) is 2. The number of urea groups is 1. The minimum Gasteiger partial charge on any atom is -0.370 e. The first-order valence-electron chi connectivity index (χ1n) is 10.4. The molecule has 2 saturated heterocycles. The third kappa shape index (κ3) is 3.80. The Hall–Kier alpha value is -2.64. The number of rotatable bonds is 4. The molecule has 4 amide bonds. The van der Waals surface area contributed by atoms with Crippen LogP contribution in [0.25, 0.3) is 0 Å². The molecule has 0 bridgehead atoms. The molecule has 0 atom stereocenters. The van der Waals surface area contributed by atoms with Crippen LogP contribution in [-0.2, 0) is 9.59 Å². The van der Waals surface area contributed by atoms with Crippen molar-refractivity contribution in [3.8, 4) is 0 Å². The Bertz CT molecular complexity index is 829. The zero-order valence-electron chi connectivity index (χ0n) is 16.7. The Balaban J connectivity index is 1.46. The van der Waals surface area contributed by atoms with Crippen molar-refractivity contribution < 1.29 is 18.8 Å². The lowest BCUT2D eigenvalue weighted by Crippen LogP contribution is -2.49. The Morgan fingerprint density at radius 1 is 1.24 bits per heavy atom. The molecule has 2 aliphatic heterocycles. The highest BCUT2D eigenvalue weighted by molar-refractivity contribution is 6.10. The second-order valence-corrected chi connectivity index (χ2v) is 8.49. The summed E-state index contributed by atoms with van der Waals surface area (Å²) in [5.41, 5.74) is 0.251. The monoisotopic (exact) mass is 402 g/mol. The van der Waals surface area contributed by atoms with Crippen molar-refractivity contribution in [3.63, 3.8) is 0 Å². The third-order valence-electron chi connectivity index (χ3n) is 6.35. The summed E-state index contributed by atoms with van der Waals surface area (Å²) in [6, 6.07) is 3.77. The van der Waals surface area contributed by atoms with Gasteiger partial charge in [-0.1, -0.05) is 6.92 Å². The molecule has 7 nitrogen and oxygen atoms in total. The first-order valence-corrected chi connectivity index (χ1v) is 10.4. The molecule has 3 aliphatic rings. The molecule has 156 valence electrons. The van der Waals surface area contributed by atoms with E-state index in [9.17, 15) is 18.8 Å². The largest absolute Gasteiger partial charge is 0.370 e. The molecule has 3 fully saturated rings. The number of carbonyl (C=O) groups excluding carboxylic acids is 3. The molecule has 0 aromatic heterocycles. The van der Waals surface area contributed by atoms with E-state index in [0.717, 1.165) is 49.4 Å². The van der Waals surface area contributed by atoms with Gasteiger partial charge in [0.1, 0.15) is 17.9 Å². The Kier molecular flexibility index (Phi) is 5.19. The number of imide groups is 1. The van der Waals surface area contributed by atoms with Crippen molar-refractivity contribution in [1.29, 1.82) is 0 Å². The van der Waals surface area contributed by atoms with Gasteiger partial charge in [-0.25, -0.2) is 9.18 Å². The maximum absolute atomic E-state index is 13.8. The van der Waals surface area contributed by atoms with Gasteiger partial charge in [-0.3, -0.25) is 14.5 Å². The van der Waals surface area contributed by atoms with Gasteiger partial charge >= 0.3 is 6.03 Å². The number of carbonyl (C=O) groups is 3. The lowest BCUT2D eigenvalue weighted by molar-refractivity contribution is -0.135. The predicted molar refractivity (Wildman–Crippen MR) is 107 cm³/mol. The quantitative estimate of drug-likeness (QED) is 0.759. The molecule has 2 heterocycles. The van der Waals surface area contributed by atoms with Crippen molar-refractivity contribution in [2.75, 3.05) is 29.9 Å². The number of hydrogen-bond acceptors (Lipinski definition) is 4. The van der Waals surface area contributed by atoms with Gasteiger partial charge in [0, 0.05) is 13.1 Å². The van der Waals surface area contributed by atoms with Gasteiger partial charge in [0.05, 0.1) is 11.4 Å². The van der Waals surface area contributed by atoms with Crippen LogP contribution in [0.2, 0.25) is 0 Å².